The molecule has 3 rings (SSSR count). The lowest BCUT2D eigenvalue weighted by molar-refractivity contribution is 0.0185. The van der Waals surface area contributed by atoms with Crippen LogP contribution in [0.15, 0.2) is 18.2 Å². The maximum Gasteiger partial charge on any atom is 0.256 e. The van der Waals surface area contributed by atoms with Crippen LogP contribution in [0.1, 0.15) is 16.8 Å². The number of rotatable bonds is 2. The van der Waals surface area contributed by atoms with Gasteiger partial charge in [0, 0.05) is 37.9 Å². The zero-order valence-corrected chi connectivity index (χ0v) is 11.9. The van der Waals surface area contributed by atoms with E-state index in [4.69, 9.17) is 10.5 Å². The lowest BCUT2D eigenvalue weighted by atomic mass is 10.1. The quantitative estimate of drug-likeness (QED) is 0.825. The maximum absolute atomic E-state index is 13.8. The summed E-state index contributed by atoms with van der Waals surface area (Å²) in [5.74, 6) is -0.778. The number of nitrogens with two attached hydrogens (primary N) is 1. The highest BCUT2D eigenvalue weighted by molar-refractivity contribution is 5.95. The van der Waals surface area contributed by atoms with Gasteiger partial charge in [0.25, 0.3) is 5.91 Å². The van der Waals surface area contributed by atoms with E-state index in [2.05, 4.69) is 4.90 Å². The van der Waals surface area contributed by atoms with Crippen molar-refractivity contribution in [2.45, 2.75) is 12.5 Å². The molecule has 0 radical (unpaired) electrons. The first-order chi connectivity index (χ1) is 10.1. The Hall–Kier alpha value is -1.66. The van der Waals surface area contributed by atoms with Gasteiger partial charge in [-0.1, -0.05) is 0 Å². The Labute approximate surface area is 123 Å². The molecule has 21 heavy (non-hydrogen) atoms. The molecule has 0 bridgehead atoms. The van der Waals surface area contributed by atoms with E-state index in [1.54, 1.807) is 4.90 Å². The van der Waals surface area contributed by atoms with Crippen LogP contribution in [0.4, 0.5) is 10.1 Å². The Kier molecular flexibility index (Phi) is 4.07. The van der Waals surface area contributed by atoms with Crippen LogP contribution in [-0.2, 0) is 4.74 Å². The number of likely N-dealkylation sites (tertiary alicyclic amines) is 1. The van der Waals surface area contributed by atoms with Gasteiger partial charge < -0.3 is 15.4 Å². The van der Waals surface area contributed by atoms with Crippen LogP contribution in [0.25, 0.3) is 0 Å². The third kappa shape index (κ3) is 3.01. The molecule has 0 aromatic heterocycles. The monoisotopic (exact) mass is 293 g/mol. The normalized spacial score (nSPS) is 23.5. The van der Waals surface area contributed by atoms with Gasteiger partial charge in [0.05, 0.1) is 18.8 Å². The summed E-state index contributed by atoms with van der Waals surface area (Å²) in [6.45, 7) is 4.60. The number of nitrogens with zero attached hydrogens (tertiary/aromatic N) is 2. The van der Waals surface area contributed by atoms with Gasteiger partial charge in [0.2, 0.25) is 0 Å². The van der Waals surface area contributed by atoms with E-state index in [1.807, 2.05) is 0 Å². The molecule has 2 aliphatic heterocycles. The van der Waals surface area contributed by atoms with Crippen molar-refractivity contribution in [1.29, 1.82) is 0 Å². The molecule has 1 aromatic rings. The number of hydrogen-bond donors (Lipinski definition) is 1. The van der Waals surface area contributed by atoms with E-state index >= 15 is 0 Å². The van der Waals surface area contributed by atoms with Crippen LogP contribution in [0, 0.1) is 5.82 Å². The van der Waals surface area contributed by atoms with Crippen molar-refractivity contribution in [1.82, 2.24) is 9.80 Å². The van der Waals surface area contributed by atoms with E-state index in [0.29, 0.717) is 24.8 Å². The van der Waals surface area contributed by atoms with Crippen LogP contribution >= 0.6 is 0 Å². The van der Waals surface area contributed by atoms with Crippen LogP contribution in [0.2, 0.25) is 0 Å². The van der Waals surface area contributed by atoms with Crippen molar-refractivity contribution >= 4 is 11.6 Å². The Morgan fingerprint density at radius 2 is 2.05 bits per heavy atom. The van der Waals surface area contributed by atoms with Crippen molar-refractivity contribution in [2.24, 2.45) is 0 Å². The predicted octanol–water partition coefficient (Wildman–Crippen LogP) is 0.955. The van der Waals surface area contributed by atoms with Crippen molar-refractivity contribution in [3.63, 3.8) is 0 Å². The van der Waals surface area contributed by atoms with Gasteiger partial charge in [-0.15, -0.1) is 0 Å². The number of carbonyl (C=O) groups excluding carboxylic acids is 1. The van der Waals surface area contributed by atoms with Gasteiger partial charge in [0.15, 0.2) is 0 Å². The third-order valence-corrected chi connectivity index (χ3v) is 4.23. The molecular weight excluding hydrogens is 273 g/mol. The molecule has 2 heterocycles. The summed E-state index contributed by atoms with van der Waals surface area (Å²) in [7, 11) is 0. The molecular formula is C15H20FN3O2. The molecule has 1 unspecified atom stereocenters. The minimum atomic E-state index is -0.510. The average molecular weight is 293 g/mol. The Morgan fingerprint density at radius 3 is 2.81 bits per heavy atom. The third-order valence-electron chi connectivity index (χ3n) is 4.23. The Bertz CT molecular complexity index is 532. The molecule has 5 nitrogen and oxygen atoms in total. The van der Waals surface area contributed by atoms with E-state index in [9.17, 15) is 9.18 Å². The number of morpholine rings is 1. The Morgan fingerprint density at radius 1 is 1.29 bits per heavy atom. The second-order valence-corrected chi connectivity index (χ2v) is 5.58. The summed E-state index contributed by atoms with van der Waals surface area (Å²) in [5.41, 5.74) is 6.12. The highest BCUT2D eigenvalue weighted by Crippen LogP contribution is 2.21. The molecule has 114 valence electrons. The number of halogens is 1. The minimum absolute atomic E-state index is 0.0672. The smallest absolute Gasteiger partial charge is 0.256 e. The van der Waals surface area contributed by atoms with E-state index in [1.165, 1.54) is 18.2 Å². The number of nitrogen functional groups attached to an aromatic ring is 1. The highest BCUT2D eigenvalue weighted by Gasteiger charge is 2.32. The van der Waals surface area contributed by atoms with Gasteiger partial charge in [-0.2, -0.15) is 0 Å². The zero-order chi connectivity index (χ0) is 14.8. The van der Waals surface area contributed by atoms with Crippen molar-refractivity contribution < 1.29 is 13.9 Å². The number of anilines is 1. The molecule has 0 saturated carbocycles. The van der Waals surface area contributed by atoms with E-state index < -0.39 is 5.82 Å². The molecule has 2 fully saturated rings. The van der Waals surface area contributed by atoms with Gasteiger partial charge >= 0.3 is 0 Å². The summed E-state index contributed by atoms with van der Waals surface area (Å²) >= 11 is 0. The Balaban J connectivity index is 1.67. The predicted molar refractivity (Wildman–Crippen MR) is 77.5 cm³/mol. The fraction of sp³-hybridized carbons (Fsp3) is 0.533. The standard InChI is InChI=1S/C15H20FN3O2/c16-14-2-1-11(17)9-13(14)15(20)19-4-3-12(10-19)18-5-7-21-8-6-18/h1-2,9,12H,3-8,10,17H2. The number of ether oxygens (including phenoxy) is 1. The second-order valence-electron chi connectivity index (χ2n) is 5.58. The van der Waals surface area contributed by atoms with Crippen molar-refractivity contribution in [3.05, 3.63) is 29.6 Å². The average Bonchev–Trinajstić information content (AvgIpc) is 3.00. The number of benzene rings is 1. The fourth-order valence-corrected chi connectivity index (χ4v) is 3.04. The number of amides is 1. The van der Waals surface area contributed by atoms with Crippen LogP contribution in [-0.4, -0.2) is 61.1 Å². The summed E-state index contributed by atoms with van der Waals surface area (Å²) < 4.78 is 19.1. The molecule has 1 atom stereocenters. The lowest BCUT2D eigenvalue weighted by Crippen LogP contribution is -2.45. The molecule has 0 aliphatic carbocycles. The molecule has 2 N–H and O–H groups in total. The topological polar surface area (TPSA) is 58.8 Å². The molecule has 1 aromatic carbocycles. The van der Waals surface area contributed by atoms with Gasteiger partial charge in [0.1, 0.15) is 5.82 Å². The summed E-state index contributed by atoms with van der Waals surface area (Å²) in [6, 6.07) is 4.48. The maximum atomic E-state index is 13.8. The highest BCUT2D eigenvalue weighted by atomic mass is 19.1. The number of carbonyl (C=O) groups is 1. The van der Waals surface area contributed by atoms with E-state index in [-0.39, 0.29) is 11.5 Å². The van der Waals surface area contributed by atoms with E-state index in [0.717, 1.165) is 32.7 Å². The summed E-state index contributed by atoms with van der Waals surface area (Å²) in [4.78, 5) is 16.5. The minimum Gasteiger partial charge on any atom is -0.399 e. The van der Waals surface area contributed by atoms with Gasteiger partial charge in [-0.25, -0.2) is 4.39 Å². The molecule has 0 spiro atoms. The van der Waals surface area contributed by atoms with Crippen LogP contribution in [0.5, 0.6) is 0 Å². The summed E-state index contributed by atoms with van der Waals surface area (Å²) in [5, 5.41) is 0. The SMILES string of the molecule is Nc1ccc(F)c(C(=O)N2CCC(N3CCOCC3)C2)c1. The second kappa shape index (κ2) is 5.99. The van der Waals surface area contributed by atoms with Gasteiger partial charge in [-0.3, -0.25) is 9.69 Å². The first kappa shape index (κ1) is 14.3. The fourth-order valence-electron chi connectivity index (χ4n) is 3.04. The lowest BCUT2D eigenvalue weighted by Gasteiger charge is -2.32. The number of hydrogen-bond acceptors (Lipinski definition) is 4. The first-order valence-electron chi connectivity index (χ1n) is 7.31. The van der Waals surface area contributed by atoms with Crippen molar-refractivity contribution in [2.75, 3.05) is 45.1 Å². The molecule has 2 saturated heterocycles. The molecule has 6 heteroatoms. The van der Waals surface area contributed by atoms with Crippen LogP contribution < -0.4 is 5.73 Å². The molecule has 1 amide bonds. The van der Waals surface area contributed by atoms with Crippen molar-refractivity contribution in [3.8, 4) is 0 Å². The van der Waals surface area contributed by atoms with Crippen LogP contribution in [0.3, 0.4) is 0 Å². The largest absolute Gasteiger partial charge is 0.399 e. The zero-order valence-electron chi connectivity index (χ0n) is 11.9. The summed E-state index contributed by atoms with van der Waals surface area (Å²) in [6.07, 6.45) is 0.926. The molecule has 2 aliphatic rings. The first-order valence-corrected chi connectivity index (χ1v) is 7.31. The van der Waals surface area contributed by atoms with Gasteiger partial charge in [-0.05, 0) is 24.6 Å².